The van der Waals surface area contributed by atoms with Crippen LogP contribution in [0.2, 0.25) is 0 Å². The van der Waals surface area contributed by atoms with Crippen LogP contribution in [0.25, 0.3) is 0 Å². The van der Waals surface area contributed by atoms with Crippen LogP contribution in [0.3, 0.4) is 0 Å². The van der Waals surface area contributed by atoms with Crippen LogP contribution < -0.4 is 10.6 Å². The second-order valence-corrected chi connectivity index (χ2v) is 5.15. The lowest BCUT2D eigenvalue weighted by molar-refractivity contribution is 0.414. The molecule has 1 aromatic carbocycles. The molecule has 1 aliphatic heterocycles. The summed E-state index contributed by atoms with van der Waals surface area (Å²) in [4.78, 5) is 2.53. The maximum atomic E-state index is 5.56. The SMILES string of the molecule is C[C@@H]1CCC[C@H](C)N1c1c[c]c(CCN)cc1. The Kier molecular flexibility index (Phi) is 4.06. The zero-order chi connectivity index (χ0) is 12.3. The van der Waals surface area contributed by atoms with Gasteiger partial charge in [-0.05, 0) is 69.8 Å². The highest BCUT2D eigenvalue weighted by molar-refractivity contribution is 5.49. The van der Waals surface area contributed by atoms with E-state index < -0.39 is 0 Å². The van der Waals surface area contributed by atoms with Crippen LogP contribution in [0.15, 0.2) is 18.2 Å². The van der Waals surface area contributed by atoms with Crippen LogP contribution in [-0.2, 0) is 6.42 Å². The molecule has 0 saturated carbocycles. The first-order valence-electron chi connectivity index (χ1n) is 6.71. The summed E-state index contributed by atoms with van der Waals surface area (Å²) in [6, 6.07) is 11.2. The lowest BCUT2D eigenvalue weighted by atomic mass is 9.96. The van der Waals surface area contributed by atoms with E-state index in [9.17, 15) is 0 Å². The molecule has 1 fully saturated rings. The van der Waals surface area contributed by atoms with Crippen molar-refractivity contribution < 1.29 is 0 Å². The van der Waals surface area contributed by atoms with Crippen molar-refractivity contribution >= 4 is 5.69 Å². The summed E-state index contributed by atoms with van der Waals surface area (Å²) in [5.74, 6) is 0. The Morgan fingerprint density at radius 3 is 2.53 bits per heavy atom. The summed E-state index contributed by atoms with van der Waals surface area (Å²) in [6.45, 7) is 5.35. The van der Waals surface area contributed by atoms with E-state index in [1.807, 2.05) is 0 Å². The highest BCUT2D eigenvalue weighted by Gasteiger charge is 2.24. The Hall–Kier alpha value is -1.02. The van der Waals surface area contributed by atoms with E-state index in [0.29, 0.717) is 18.6 Å². The van der Waals surface area contributed by atoms with Gasteiger partial charge in [0, 0.05) is 17.8 Å². The third-order valence-electron chi connectivity index (χ3n) is 3.77. The van der Waals surface area contributed by atoms with Gasteiger partial charge in [0.05, 0.1) is 0 Å². The fourth-order valence-electron chi connectivity index (χ4n) is 2.85. The first kappa shape index (κ1) is 12.4. The number of hydrogen-bond acceptors (Lipinski definition) is 2. The van der Waals surface area contributed by atoms with Crippen molar-refractivity contribution in [2.75, 3.05) is 11.4 Å². The average Bonchev–Trinajstić information content (AvgIpc) is 2.31. The maximum absolute atomic E-state index is 5.56. The highest BCUT2D eigenvalue weighted by atomic mass is 15.2. The molecule has 0 aliphatic carbocycles. The molecule has 1 saturated heterocycles. The van der Waals surface area contributed by atoms with Gasteiger partial charge in [0.15, 0.2) is 0 Å². The topological polar surface area (TPSA) is 29.3 Å². The molecule has 17 heavy (non-hydrogen) atoms. The van der Waals surface area contributed by atoms with E-state index in [4.69, 9.17) is 5.73 Å². The molecule has 2 atom stereocenters. The van der Waals surface area contributed by atoms with Crippen molar-refractivity contribution in [1.29, 1.82) is 0 Å². The van der Waals surface area contributed by atoms with E-state index in [2.05, 4.69) is 43.0 Å². The molecular formula is C15H23N2. The summed E-state index contributed by atoms with van der Waals surface area (Å²) < 4.78 is 0. The highest BCUT2D eigenvalue weighted by Crippen LogP contribution is 2.28. The quantitative estimate of drug-likeness (QED) is 0.866. The van der Waals surface area contributed by atoms with Crippen LogP contribution in [0, 0.1) is 6.07 Å². The number of rotatable bonds is 3. The number of nitrogens with zero attached hydrogens (tertiary/aromatic N) is 1. The van der Waals surface area contributed by atoms with Gasteiger partial charge in [0.2, 0.25) is 0 Å². The molecule has 1 radical (unpaired) electrons. The number of benzene rings is 1. The third-order valence-corrected chi connectivity index (χ3v) is 3.77. The summed E-state index contributed by atoms with van der Waals surface area (Å²) in [6.07, 6.45) is 4.88. The molecule has 1 heterocycles. The molecule has 1 aromatic rings. The van der Waals surface area contributed by atoms with Crippen molar-refractivity contribution in [3.63, 3.8) is 0 Å². The molecule has 0 unspecified atom stereocenters. The van der Waals surface area contributed by atoms with Crippen molar-refractivity contribution in [1.82, 2.24) is 0 Å². The van der Waals surface area contributed by atoms with Crippen LogP contribution in [-0.4, -0.2) is 18.6 Å². The molecular weight excluding hydrogens is 208 g/mol. The lowest BCUT2D eigenvalue weighted by Crippen LogP contribution is -2.43. The number of piperidine rings is 1. The maximum Gasteiger partial charge on any atom is 0.0377 e. The predicted octanol–water partition coefficient (Wildman–Crippen LogP) is 2.76. The second kappa shape index (κ2) is 5.54. The van der Waals surface area contributed by atoms with Crippen LogP contribution in [0.1, 0.15) is 38.7 Å². The standard InChI is InChI=1S/C15H23N2/c1-12-4-3-5-13(2)17(12)15-8-6-14(7-9-15)10-11-16/h6,8-9,12-13H,3-5,10-11,16H2,1-2H3/t12-,13+. The summed E-state index contributed by atoms with van der Waals surface area (Å²) in [5, 5.41) is 0. The smallest absolute Gasteiger partial charge is 0.0377 e. The van der Waals surface area contributed by atoms with Crippen molar-refractivity contribution in [3.05, 3.63) is 29.8 Å². The van der Waals surface area contributed by atoms with Gasteiger partial charge in [-0.3, -0.25) is 0 Å². The van der Waals surface area contributed by atoms with Crippen LogP contribution >= 0.6 is 0 Å². The molecule has 2 N–H and O–H groups in total. The second-order valence-electron chi connectivity index (χ2n) is 5.15. The zero-order valence-electron chi connectivity index (χ0n) is 10.9. The third kappa shape index (κ3) is 2.81. The Balaban J connectivity index is 2.14. The van der Waals surface area contributed by atoms with E-state index in [1.165, 1.54) is 30.5 Å². The predicted molar refractivity (Wildman–Crippen MR) is 73.3 cm³/mol. The molecule has 0 aromatic heterocycles. The minimum absolute atomic E-state index is 0.646. The molecule has 2 heteroatoms. The van der Waals surface area contributed by atoms with Crippen molar-refractivity contribution in [3.8, 4) is 0 Å². The van der Waals surface area contributed by atoms with Crippen molar-refractivity contribution in [2.24, 2.45) is 5.73 Å². The largest absolute Gasteiger partial charge is 0.366 e. The number of nitrogens with two attached hydrogens (primary N) is 1. The molecule has 0 amide bonds. The molecule has 2 rings (SSSR count). The normalized spacial score (nSPS) is 25.0. The number of anilines is 1. The Morgan fingerprint density at radius 2 is 2.00 bits per heavy atom. The van der Waals surface area contributed by atoms with Crippen LogP contribution in [0.4, 0.5) is 5.69 Å². The first-order valence-corrected chi connectivity index (χ1v) is 6.71. The van der Waals surface area contributed by atoms with Gasteiger partial charge in [-0.2, -0.15) is 0 Å². The van der Waals surface area contributed by atoms with Gasteiger partial charge < -0.3 is 10.6 Å². The Bertz CT molecular complexity index is 334. The minimum Gasteiger partial charge on any atom is -0.366 e. The Morgan fingerprint density at radius 1 is 1.29 bits per heavy atom. The Labute approximate surface area is 105 Å². The monoisotopic (exact) mass is 231 g/mol. The fourth-order valence-corrected chi connectivity index (χ4v) is 2.85. The van der Waals surface area contributed by atoms with E-state index in [0.717, 1.165) is 6.42 Å². The molecule has 0 spiro atoms. The van der Waals surface area contributed by atoms with E-state index in [-0.39, 0.29) is 0 Å². The molecule has 0 bridgehead atoms. The molecule has 1 aliphatic rings. The van der Waals surface area contributed by atoms with Crippen LogP contribution in [0.5, 0.6) is 0 Å². The van der Waals surface area contributed by atoms with Gasteiger partial charge in [0.1, 0.15) is 0 Å². The van der Waals surface area contributed by atoms with Gasteiger partial charge >= 0.3 is 0 Å². The van der Waals surface area contributed by atoms with Gasteiger partial charge in [-0.15, -0.1) is 0 Å². The van der Waals surface area contributed by atoms with E-state index >= 15 is 0 Å². The summed E-state index contributed by atoms with van der Waals surface area (Å²) in [5.41, 5.74) is 8.08. The first-order chi connectivity index (χ1) is 8.22. The van der Waals surface area contributed by atoms with E-state index in [1.54, 1.807) is 0 Å². The summed E-state index contributed by atoms with van der Waals surface area (Å²) in [7, 11) is 0. The van der Waals surface area contributed by atoms with Gasteiger partial charge in [-0.25, -0.2) is 0 Å². The molecule has 93 valence electrons. The minimum atomic E-state index is 0.646. The van der Waals surface area contributed by atoms with Gasteiger partial charge in [0.25, 0.3) is 0 Å². The van der Waals surface area contributed by atoms with Gasteiger partial charge in [-0.1, -0.05) is 6.07 Å². The summed E-state index contributed by atoms with van der Waals surface area (Å²) >= 11 is 0. The fraction of sp³-hybridized carbons (Fsp3) is 0.600. The van der Waals surface area contributed by atoms with Crippen molar-refractivity contribution in [2.45, 2.75) is 51.6 Å². The zero-order valence-corrected chi connectivity index (χ0v) is 10.9. The lowest BCUT2D eigenvalue weighted by Gasteiger charge is -2.41. The number of hydrogen-bond donors (Lipinski definition) is 1. The average molecular weight is 231 g/mol. The molecule has 2 nitrogen and oxygen atoms in total.